The van der Waals surface area contributed by atoms with Crippen molar-refractivity contribution >= 4 is 0 Å². The van der Waals surface area contributed by atoms with Crippen molar-refractivity contribution in [1.29, 1.82) is 10.5 Å². The van der Waals surface area contributed by atoms with Gasteiger partial charge in [0.15, 0.2) is 17.5 Å². The number of alkyl halides is 3. The van der Waals surface area contributed by atoms with Crippen LogP contribution >= 0.6 is 0 Å². The molecule has 0 fully saturated rings. The van der Waals surface area contributed by atoms with Gasteiger partial charge in [-0.3, -0.25) is 0 Å². The maximum atomic E-state index is 14.2. The van der Waals surface area contributed by atoms with Crippen LogP contribution in [0.3, 0.4) is 0 Å². The molecule has 0 aliphatic carbocycles. The molecule has 2 rings (SSSR count). The van der Waals surface area contributed by atoms with Gasteiger partial charge in [0.2, 0.25) is 0 Å². The molecule has 0 spiro atoms. The molecule has 116 valence electrons. The predicted octanol–water partition coefficient (Wildman–Crippen LogP) is 4.53. The van der Waals surface area contributed by atoms with Gasteiger partial charge in [0.1, 0.15) is 23.3 Å². The fourth-order valence-electron chi connectivity index (χ4n) is 1.95. The van der Waals surface area contributed by atoms with Gasteiger partial charge in [0.05, 0.1) is 11.1 Å². The van der Waals surface area contributed by atoms with E-state index in [0.717, 1.165) is 12.1 Å². The zero-order chi connectivity index (χ0) is 17.4. The van der Waals surface area contributed by atoms with Gasteiger partial charge in [-0.25, -0.2) is 13.2 Å². The van der Waals surface area contributed by atoms with E-state index in [0.29, 0.717) is 12.1 Å². The Morgan fingerprint density at radius 1 is 0.739 bits per heavy atom. The van der Waals surface area contributed by atoms with Crippen molar-refractivity contribution < 1.29 is 26.3 Å². The Bertz CT molecular complexity index is 854. The highest BCUT2D eigenvalue weighted by Gasteiger charge is 2.31. The van der Waals surface area contributed by atoms with Crippen LogP contribution in [0, 0.1) is 40.1 Å². The topological polar surface area (TPSA) is 47.6 Å². The monoisotopic (exact) mass is 326 g/mol. The highest BCUT2D eigenvalue weighted by molar-refractivity contribution is 5.70. The Kier molecular flexibility index (Phi) is 4.02. The Hall–Kier alpha value is -3.00. The Labute approximate surface area is 125 Å². The third-order valence-electron chi connectivity index (χ3n) is 3.05. The van der Waals surface area contributed by atoms with Gasteiger partial charge in [-0.05, 0) is 17.7 Å². The first-order valence-electron chi connectivity index (χ1n) is 5.90. The standard InChI is InChI=1S/C15H4F6N2/c16-12-9(5-22)10(6-23)13(17)14(18)11(12)7-1-3-8(4-2-7)15(19,20)21/h1-4H. The van der Waals surface area contributed by atoms with E-state index < -0.39 is 51.4 Å². The molecule has 23 heavy (non-hydrogen) atoms. The van der Waals surface area contributed by atoms with Crippen LogP contribution in [0.15, 0.2) is 24.3 Å². The number of nitriles is 2. The second-order valence-electron chi connectivity index (χ2n) is 4.37. The zero-order valence-corrected chi connectivity index (χ0v) is 11.0. The van der Waals surface area contributed by atoms with Crippen LogP contribution in [-0.4, -0.2) is 0 Å². The minimum absolute atomic E-state index is 0.395. The van der Waals surface area contributed by atoms with E-state index in [2.05, 4.69) is 0 Å². The minimum Gasteiger partial charge on any atom is -0.205 e. The molecule has 0 atom stereocenters. The molecule has 0 bridgehead atoms. The largest absolute Gasteiger partial charge is 0.416 e. The predicted molar refractivity (Wildman–Crippen MR) is 66.2 cm³/mol. The molecule has 0 N–H and O–H groups in total. The molecule has 2 aromatic rings. The van der Waals surface area contributed by atoms with Gasteiger partial charge in [0.25, 0.3) is 0 Å². The Morgan fingerprint density at radius 3 is 1.65 bits per heavy atom. The van der Waals surface area contributed by atoms with Crippen molar-refractivity contribution in [2.24, 2.45) is 0 Å². The summed E-state index contributed by atoms with van der Waals surface area (Å²) in [4.78, 5) is 0. The van der Waals surface area contributed by atoms with E-state index in [1.165, 1.54) is 12.1 Å². The average molecular weight is 326 g/mol. The second-order valence-corrected chi connectivity index (χ2v) is 4.37. The molecule has 0 heterocycles. The molecule has 0 aliphatic rings. The Balaban J connectivity index is 2.73. The SMILES string of the molecule is N#Cc1c(F)c(F)c(-c2ccc(C(F)(F)F)cc2)c(F)c1C#N. The van der Waals surface area contributed by atoms with E-state index >= 15 is 0 Å². The summed E-state index contributed by atoms with van der Waals surface area (Å²) in [6.45, 7) is 0. The van der Waals surface area contributed by atoms with Crippen LogP contribution in [0.1, 0.15) is 16.7 Å². The van der Waals surface area contributed by atoms with Crippen LogP contribution in [0.4, 0.5) is 26.3 Å². The van der Waals surface area contributed by atoms with Crippen LogP contribution in [0.5, 0.6) is 0 Å². The first kappa shape index (κ1) is 16.4. The molecular formula is C15H4F6N2. The van der Waals surface area contributed by atoms with Crippen molar-refractivity contribution in [2.75, 3.05) is 0 Å². The summed E-state index contributed by atoms with van der Waals surface area (Å²) in [5.41, 5.74) is -4.57. The number of rotatable bonds is 1. The molecule has 0 saturated heterocycles. The fourth-order valence-corrected chi connectivity index (χ4v) is 1.95. The molecule has 2 aromatic carbocycles. The van der Waals surface area contributed by atoms with Crippen molar-refractivity contribution in [3.8, 4) is 23.3 Å². The molecule has 0 aliphatic heterocycles. The lowest BCUT2D eigenvalue weighted by molar-refractivity contribution is -0.137. The van der Waals surface area contributed by atoms with E-state index in [4.69, 9.17) is 10.5 Å². The molecule has 8 heteroatoms. The molecule has 0 aromatic heterocycles. The summed E-state index contributed by atoms with van der Waals surface area (Å²) in [7, 11) is 0. The van der Waals surface area contributed by atoms with Crippen LogP contribution < -0.4 is 0 Å². The molecule has 0 amide bonds. The molecule has 2 nitrogen and oxygen atoms in total. The zero-order valence-electron chi connectivity index (χ0n) is 11.0. The fraction of sp³-hybridized carbons (Fsp3) is 0.0667. The van der Waals surface area contributed by atoms with E-state index in [1.807, 2.05) is 0 Å². The molecular weight excluding hydrogens is 322 g/mol. The van der Waals surface area contributed by atoms with E-state index in [-0.39, 0.29) is 0 Å². The smallest absolute Gasteiger partial charge is 0.205 e. The van der Waals surface area contributed by atoms with Crippen LogP contribution in [-0.2, 0) is 6.18 Å². The van der Waals surface area contributed by atoms with Gasteiger partial charge in [0, 0.05) is 0 Å². The quantitative estimate of drug-likeness (QED) is 0.571. The van der Waals surface area contributed by atoms with Crippen molar-refractivity contribution in [1.82, 2.24) is 0 Å². The van der Waals surface area contributed by atoms with Crippen LogP contribution in [0.2, 0.25) is 0 Å². The Morgan fingerprint density at radius 2 is 1.22 bits per heavy atom. The molecule has 0 unspecified atom stereocenters. The maximum absolute atomic E-state index is 14.2. The summed E-state index contributed by atoms with van der Waals surface area (Å²) < 4.78 is 79.3. The molecule has 0 saturated carbocycles. The minimum atomic E-state index is -4.65. The van der Waals surface area contributed by atoms with Gasteiger partial charge in [-0.15, -0.1) is 0 Å². The summed E-state index contributed by atoms with van der Waals surface area (Å²) in [6.07, 6.45) is -4.65. The van der Waals surface area contributed by atoms with E-state index in [1.54, 1.807) is 0 Å². The number of hydrogen-bond acceptors (Lipinski definition) is 2. The highest BCUT2D eigenvalue weighted by atomic mass is 19.4. The average Bonchev–Trinajstić information content (AvgIpc) is 2.50. The van der Waals surface area contributed by atoms with Crippen molar-refractivity contribution in [2.45, 2.75) is 6.18 Å². The normalized spacial score (nSPS) is 11.0. The van der Waals surface area contributed by atoms with Gasteiger partial charge >= 0.3 is 6.18 Å². The lowest BCUT2D eigenvalue weighted by atomic mass is 9.97. The van der Waals surface area contributed by atoms with E-state index in [9.17, 15) is 26.3 Å². The third kappa shape index (κ3) is 2.71. The van der Waals surface area contributed by atoms with Gasteiger partial charge in [-0.2, -0.15) is 23.7 Å². The van der Waals surface area contributed by atoms with Gasteiger partial charge in [-0.1, -0.05) is 12.1 Å². The van der Waals surface area contributed by atoms with Crippen molar-refractivity contribution in [3.63, 3.8) is 0 Å². The lowest BCUT2D eigenvalue weighted by Crippen LogP contribution is -2.06. The maximum Gasteiger partial charge on any atom is 0.416 e. The highest BCUT2D eigenvalue weighted by Crippen LogP contribution is 2.35. The number of hydrogen-bond donors (Lipinski definition) is 0. The summed E-state index contributed by atoms with van der Waals surface area (Å²) in [5.74, 6) is -5.00. The summed E-state index contributed by atoms with van der Waals surface area (Å²) in [6, 6.07) is 5.05. The summed E-state index contributed by atoms with van der Waals surface area (Å²) in [5, 5.41) is 17.5. The number of halogens is 6. The van der Waals surface area contributed by atoms with Crippen molar-refractivity contribution in [3.05, 3.63) is 58.4 Å². The lowest BCUT2D eigenvalue weighted by Gasteiger charge is -2.11. The van der Waals surface area contributed by atoms with Crippen LogP contribution in [0.25, 0.3) is 11.1 Å². The number of benzene rings is 2. The molecule has 0 radical (unpaired) electrons. The van der Waals surface area contributed by atoms with Gasteiger partial charge < -0.3 is 0 Å². The second kappa shape index (κ2) is 5.65. The number of nitrogens with zero attached hydrogens (tertiary/aromatic N) is 2. The summed E-state index contributed by atoms with van der Waals surface area (Å²) >= 11 is 0. The third-order valence-corrected chi connectivity index (χ3v) is 3.05. The first-order chi connectivity index (χ1) is 10.7. The first-order valence-corrected chi connectivity index (χ1v) is 5.90.